The van der Waals surface area contributed by atoms with Crippen molar-refractivity contribution in [3.8, 4) is 5.88 Å². The quantitative estimate of drug-likeness (QED) is 0.740. The van der Waals surface area contributed by atoms with E-state index in [1.807, 2.05) is 18.3 Å². The van der Waals surface area contributed by atoms with E-state index in [-0.39, 0.29) is 0 Å². The van der Waals surface area contributed by atoms with Crippen molar-refractivity contribution in [2.24, 2.45) is 0 Å². The van der Waals surface area contributed by atoms with E-state index in [1.54, 1.807) is 0 Å². The third-order valence-corrected chi connectivity index (χ3v) is 3.52. The topological polar surface area (TPSA) is 37.4 Å². The number of pyridine rings is 1. The number of aromatic nitrogens is 1. The van der Waals surface area contributed by atoms with E-state index in [4.69, 9.17) is 4.74 Å². The first-order chi connectivity index (χ1) is 9.31. The molecule has 1 aliphatic rings. The van der Waals surface area contributed by atoms with Crippen molar-refractivity contribution in [2.75, 3.05) is 26.2 Å². The van der Waals surface area contributed by atoms with Crippen LogP contribution in [-0.4, -0.2) is 42.2 Å². The fraction of sp³-hybridized carbons (Fsp3) is 0.667. The Labute approximate surface area is 116 Å². The Morgan fingerprint density at radius 3 is 2.84 bits per heavy atom. The van der Waals surface area contributed by atoms with Gasteiger partial charge in [-0.15, -0.1) is 0 Å². The van der Waals surface area contributed by atoms with E-state index in [1.165, 1.54) is 18.4 Å². The van der Waals surface area contributed by atoms with Crippen molar-refractivity contribution in [1.82, 2.24) is 15.2 Å². The maximum absolute atomic E-state index is 5.72. The summed E-state index contributed by atoms with van der Waals surface area (Å²) in [5.74, 6) is 0.738. The molecule has 0 aromatic carbocycles. The average molecular weight is 263 g/mol. The van der Waals surface area contributed by atoms with E-state index in [0.717, 1.165) is 38.1 Å². The van der Waals surface area contributed by atoms with Gasteiger partial charge in [0.25, 0.3) is 0 Å². The van der Waals surface area contributed by atoms with Gasteiger partial charge in [-0.05, 0) is 37.6 Å². The van der Waals surface area contributed by atoms with Crippen molar-refractivity contribution < 1.29 is 4.74 Å². The minimum absolute atomic E-state index is 0.703. The highest BCUT2D eigenvalue weighted by Crippen LogP contribution is 2.19. The second-order valence-corrected chi connectivity index (χ2v) is 5.03. The lowest BCUT2D eigenvalue weighted by Gasteiger charge is -2.17. The van der Waals surface area contributed by atoms with E-state index in [0.29, 0.717) is 6.61 Å². The summed E-state index contributed by atoms with van der Waals surface area (Å²) >= 11 is 0. The Morgan fingerprint density at radius 2 is 2.16 bits per heavy atom. The van der Waals surface area contributed by atoms with Crippen LogP contribution in [0.25, 0.3) is 0 Å². The van der Waals surface area contributed by atoms with Crippen LogP contribution in [0.1, 0.15) is 32.3 Å². The molecule has 0 spiro atoms. The number of rotatable bonds is 9. The van der Waals surface area contributed by atoms with Gasteiger partial charge in [0.05, 0.1) is 0 Å². The standard InChI is InChI=1S/C15H25N3O/c1-3-18(4-2)9-10-19-15-11-13(7-8-16-15)12-17-14-5-6-14/h7-8,11,14,17H,3-6,9-10,12H2,1-2H3. The molecule has 1 N–H and O–H groups in total. The van der Waals surface area contributed by atoms with E-state index in [2.05, 4.69) is 29.0 Å². The van der Waals surface area contributed by atoms with Gasteiger partial charge in [-0.1, -0.05) is 13.8 Å². The van der Waals surface area contributed by atoms with Gasteiger partial charge in [0.1, 0.15) is 6.61 Å². The molecule has 0 saturated heterocycles. The summed E-state index contributed by atoms with van der Waals surface area (Å²) < 4.78 is 5.72. The minimum Gasteiger partial charge on any atom is -0.476 e. The molecule has 0 radical (unpaired) electrons. The molecule has 19 heavy (non-hydrogen) atoms. The molecule has 1 fully saturated rings. The summed E-state index contributed by atoms with van der Waals surface area (Å²) in [5, 5.41) is 3.50. The van der Waals surface area contributed by atoms with Crippen LogP contribution in [0.2, 0.25) is 0 Å². The van der Waals surface area contributed by atoms with Crippen molar-refractivity contribution in [3.63, 3.8) is 0 Å². The Hall–Kier alpha value is -1.13. The zero-order valence-corrected chi connectivity index (χ0v) is 12.1. The third-order valence-electron chi connectivity index (χ3n) is 3.52. The van der Waals surface area contributed by atoms with Gasteiger partial charge in [0.2, 0.25) is 5.88 Å². The number of hydrogen-bond acceptors (Lipinski definition) is 4. The van der Waals surface area contributed by atoms with Gasteiger partial charge in [-0.2, -0.15) is 0 Å². The summed E-state index contributed by atoms with van der Waals surface area (Å²) in [5.41, 5.74) is 1.25. The van der Waals surface area contributed by atoms with Crippen molar-refractivity contribution in [1.29, 1.82) is 0 Å². The molecule has 106 valence electrons. The molecule has 2 rings (SSSR count). The van der Waals surface area contributed by atoms with Crippen LogP contribution in [0.15, 0.2) is 18.3 Å². The molecule has 0 atom stereocenters. The fourth-order valence-electron chi connectivity index (χ4n) is 2.01. The fourth-order valence-corrected chi connectivity index (χ4v) is 2.01. The molecule has 0 unspecified atom stereocenters. The minimum atomic E-state index is 0.703. The monoisotopic (exact) mass is 263 g/mol. The highest BCUT2D eigenvalue weighted by molar-refractivity contribution is 5.20. The van der Waals surface area contributed by atoms with E-state index in [9.17, 15) is 0 Å². The summed E-state index contributed by atoms with van der Waals surface area (Å²) in [6.07, 6.45) is 4.47. The number of likely N-dealkylation sites (N-methyl/N-ethyl adjacent to an activating group) is 1. The molecule has 4 heteroatoms. The molecule has 1 aromatic rings. The Kier molecular flexibility index (Phi) is 5.61. The molecule has 1 heterocycles. The predicted octanol–water partition coefficient (Wildman–Crippen LogP) is 2.05. The molecule has 1 saturated carbocycles. The van der Waals surface area contributed by atoms with Gasteiger partial charge in [-0.25, -0.2) is 4.98 Å². The van der Waals surface area contributed by atoms with Gasteiger partial charge < -0.3 is 15.0 Å². The van der Waals surface area contributed by atoms with Gasteiger partial charge in [0.15, 0.2) is 0 Å². The zero-order valence-electron chi connectivity index (χ0n) is 12.1. The number of hydrogen-bond donors (Lipinski definition) is 1. The first-order valence-corrected chi connectivity index (χ1v) is 7.35. The summed E-state index contributed by atoms with van der Waals surface area (Å²) in [6, 6.07) is 4.82. The second-order valence-electron chi connectivity index (χ2n) is 5.03. The van der Waals surface area contributed by atoms with Gasteiger partial charge in [-0.3, -0.25) is 0 Å². The molecule has 0 aliphatic heterocycles. The summed E-state index contributed by atoms with van der Waals surface area (Å²) in [6.45, 7) is 9.06. The summed E-state index contributed by atoms with van der Waals surface area (Å²) in [4.78, 5) is 6.61. The molecule has 1 aromatic heterocycles. The number of nitrogens with zero attached hydrogens (tertiary/aromatic N) is 2. The average Bonchev–Trinajstić information content (AvgIpc) is 3.26. The Bertz CT molecular complexity index is 375. The van der Waals surface area contributed by atoms with Crippen LogP contribution < -0.4 is 10.1 Å². The van der Waals surface area contributed by atoms with Crippen LogP contribution >= 0.6 is 0 Å². The molecular formula is C15H25N3O. The third kappa shape index (κ3) is 5.17. The predicted molar refractivity (Wildman–Crippen MR) is 77.4 cm³/mol. The Morgan fingerprint density at radius 1 is 1.37 bits per heavy atom. The van der Waals surface area contributed by atoms with Crippen molar-refractivity contribution in [2.45, 2.75) is 39.3 Å². The smallest absolute Gasteiger partial charge is 0.213 e. The SMILES string of the molecule is CCN(CC)CCOc1cc(CNC2CC2)ccn1. The van der Waals surface area contributed by atoms with Gasteiger partial charge >= 0.3 is 0 Å². The molecule has 0 amide bonds. The largest absolute Gasteiger partial charge is 0.476 e. The molecular weight excluding hydrogens is 238 g/mol. The molecule has 4 nitrogen and oxygen atoms in total. The second kappa shape index (κ2) is 7.46. The lowest BCUT2D eigenvalue weighted by molar-refractivity contribution is 0.218. The van der Waals surface area contributed by atoms with Crippen molar-refractivity contribution in [3.05, 3.63) is 23.9 Å². The first-order valence-electron chi connectivity index (χ1n) is 7.35. The lowest BCUT2D eigenvalue weighted by atomic mass is 10.2. The van der Waals surface area contributed by atoms with Crippen molar-refractivity contribution >= 4 is 0 Å². The zero-order chi connectivity index (χ0) is 13.5. The van der Waals surface area contributed by atoms with Gasteiger partial charge in [0, 0.05) is 31.4 Å². The highest BCUT2D eigenvalue weighted by Gasteiger charge is 2.19. The maximum Gasteiger partial charge on any atom is 0.213 e. The highest BCUT2D eigenvalue weighted by atomic mass is 16.5. The van der Waals surface area contributed by atoms with Crippen LogP contribution in [0.5, 0.6) is 5.88 Å². The maximum atomic E-state index is 5.72. The lowest BCUT2D eigenvalue weighted by Crippen LogP contribution is -2.28. The van der Waals surface area contributed by atoms with E-state index >= 15 is 0 Å². The van der Waals surface area contributed by atoms with Crippen LogP contribution in [0.3, 0.4) is 0 Å². The number of ether oxygens (including phenoxy) is 1. The normalized spacial score (nSPS) is 14.9. The Balaban J connectivity index is 1.74. The first kappa shape index (κ1) is 14.3. The van der Waals surface area contributed by atoms with E-state index < -0.39 is 0 Å². The molecule has 1 aliphatic carbocycles. The molecule has 0 bridgehead atoms. The van der Waals surface area contributed by atoms with Crippen LogP contribution in [-0.2, 0) is 6.54 Å². The van der Waals surface area contributed by atoms with Crippen LogP contribution in [0, 0.1) is 0 Å². The number of nitrogens with one attached hydrogen (secondary N) is 1. The van der Waals surface area contributed by atoms with Crippen LogP contribution in [0.4, 0.5) is 0 Å². The summed E-state index contributed by atoms with van der Waals surface area (Å²) in [7, 11) is 0.